The summed E-state index contributed by atoms with van der Waals surface area (Å²) in [6.45, 7) is 6.55. The molecule has 21 heavy (non-hydrogen) atoms. The highest BCUT2D eigenvalue weighted by Gasteiger charge is 2.30. The van der Waals surface area contributed by atoms with Crippen molar-refractivity contribution in [3.63, 3.8) is 0 Å². The predicted molar refractivity (Wildman–Crippen MR) is 90.3 cm³/mol. The monoisotopic (exact) mass is 299 g/mol. The fraction of sp³-hybridized carbons (Fsp3) is 0.368. The molecule has 110 valence electrons. The number of halogens is 1. The Balaban J connectivity index is 2.05. The lowest BCUT2D eigenvalue weighted by Crippen LogP contribution is -2.34. The molecule has 2 heteroatoms. The highest BCUT2D eigenvalue weighted by molar-refractivity contribution is 6.31. The van der Waals surface area contributed by atoms with E-state index in [0.29, 0.717) is 11.8 Å². The Morgan fingerprint density at radius 2 is 1.67 bits per heavy atom. The number of piperidine rings is 1. The number of nitrogens with one attached hydrogen (secondary N) is 1. The van der Waals surface area contributed by atoms with Crippen LogP contribution in [0.25, 0.3) is 0 Å². The van der Waals surface area contributed by atoms with Gasteiger partial charge in [0.25, 0.3) is 0 Å². The molecule has 1 saturated heterocycles. The maximum absolute atomic E-state index is 6.46. The first-order chi connectivity index (χ1) is 10.2. The van der Waals surface area contributed by atoms with Crippen molar-refractivity contribution in [3.8, 4) is 0 Å². The van der Waals surface area contributed by atoms with E-state index in [1.165, 1.54) is 28.7 Å². The fourth-order valence-corrected chi connectivity index (χ4v) is 3.99. The van der Waals surface area contributed by atoms with Crippen molar-refractivity contribution in [2.24, 2.45) is 0 Å². The van der Waals surface area contributed by atoms with Crippen molar-refractivity contribution in [3.05, 3.63) is 69.7 Å². The summed E-state index contributed by atoms with van der Waals surface area (Å²) >= 11 is 6.46. The van der Waals surface area contributed by atoms with Gasteiger partial charge in [0.1, 0.15) is 0 Å². The van der Waals surface area contributed by atoms with Crippen LogP contribution in [0.3, 0.4) is 0 Å². The van der Waals surface area contributed by atoms with Crippen LogP contribution in [0.15, 0.2) is 42.5 Å². The van der Waals surface area contributed by atoms with Gasteiger partial charge in [0.15, 0.2) is 0 Å². The molecule has 1 heterocycles. The van der Waals surface area contributed by atoms with E-state index in [1.807, 2.05) is 12.1 Å². The van der Waals surface area contributed by atoms with E-state index < -0.39 is 0 Å². The largest absolute Gasteiger partial charge is 0.316 e. The number of benzene rings is 2. The van der Waals surface area contributed by atoms with E-state index in [1.54, 1.807) is 0 Å². The minimum atomic E-state index is 0.451. The van der Waals surface area contributed by atoms with Crippen LogP contribution in [-0.2, 0) is 0 Å². The van der Waals surface area contributed by atoms with Gasteiger partial charge in [-0.05, 0) is 61.1 Å². The lowest BCUT2D eigenvalue weighted by molar-refractivity contribution is 0.402. The summed E-state index contributed by atoms with van der Waals surface area (Å²) in [5.74, 6) is 1.000. The summed E-state index contributed by atoms with van der Waals surface area (Å²) in [7, 11) is 0. The second-order valence-electron chi connectivity index (χ2n) is 6.03. The van der Waals surface area contributed by atoms with E-state index in [4.69, 9.17) is 11.6 Å². The maximum atomic E-state index is 6.46. The number of aryl methyl sites for hydroxylation is 2. The van der Waals surface area contributed by atoms with E-state index >= 15 is 0 Å². The molecule has 1 N–H and O–H groups in total. The molecule has 0 aromatic heterocycles. The first-order valence-corrected chi connectivity index (χ1v) is 8.07. The quantitative estimate of drug-likeness (QED) is 0.838. The van der Waals surface area contributed by atoms with Gasteiger partial charge in [0.05, 0.1) is 0 Å². The minimum Gasteiger partial charge on any atom is -0.316 e. The Hall–Kier alpha value is -1.31. The van der Waals surface area contributed by atoms with Crippen LogP contribution in [0.5, 0.6) is 0 Å². The van der Waals surface area contributed by atoms with E-state index in [2.05, 4.69) is 49.5 Å². The van der Waals surface area contributed by atoms with Crippen molar-refractivity contribution in [1.82, 2.24) is 5.32 Å². The lowest BCUT2D eigenvalue weighted by Gasteiger charge is -2.35. The predicted octanol–water partition coefficient (Wildman–Crippen LogP) is 4.82. The molecule has 0 saturated carbocycles. The summed E-state index contributed by atoms with van der Waals surface area (Å²) in [5, 5.41) is 4.43. The Bertz CT molecular complexity index is 615. The van der Waals surface area contributed by atoms with Crippen molar-refractivity contribution >= 4 is 11.6 Å². The molecule has 0 amide bonds. The van der Waals surface area contributed by atoms with Crippen molar-refractivity contribution in [2.45, 2.75) is 32.1 Å². The van der Waals surface area contributed by atoms with Gasteiger partial charge in [0.2, 0.25) is 0 Å². The van der Waals surface area contributed by atoms with Gasteiger partial charge >= 0.3 is 0 Å². The number of rotatable bonds is 2. The second-order valence-corrected chi connectivity index (χ2v) is 6.44. The molecule has 2 aromatic rings. The zero-order chi connectivity index (χ0) is 14.8. The molecule has 3 rings (SSSR count). The van der Waals surface area contributed by atoms with Crippen molar-refractivity contribution in [2.75, 3.05) is 13.1 Å². The van der Waals surface area contributed by atoms with E-state index in [9.17, 15) is 0 Å². The number of hydrogen-bond donors (Lipinski definition) is 1. The Labute approximate surface area is 132 Å². The highest BCUT2D eigenvalue weighted by Crippen LogP contribution is 2.41. The molecule has 0 bridgehead atoms. The van der Waals surface area contributed by atoms with Gasteiger partial charge in [-0.25, -0.2) is 0 Å². The molecule has 0 aliphatic carbocycles. The molecule has 0 spiro atoms. The minimum absolute atomic E-state index is 0.451. The van der Waals surface area contributed by atoms with Gasteiger partial charge in [-0.2, -0.15) is 0 Å². The van der Waals surface area contributed by atoms with Crippen LogP contribution in [-0.4, -0.2) is 13.1 Å². The summed E-state index contributed by atoms with van der Waals surface area (Å²) in [6, 6.07) is 14.9. The van der Waals surface area contributed by atoms with E-state index in [-0.39, 0.29) is 0 Å². The van der Waals surface area contributed by atoms with Gasteiger partial charge in [-0.1, -0.05) is 48.0 Å². The summed E-state index contributed by atoms with van der Waals surface area (Å²) in [4.78, 5) is 0. The molecule has 2 atom stereocenters. The zero-order valence-electron chi connectivity index (χ0n) is 12.7. The number of hydrogen-bond acceptors (Lipinski definition) is 1. The van der Waals surface area contributed by atoms with Crippen LogP contribution in [0.4, 0.5) is 0 Å². The van der Waals surface area contributed by atoms with Crippen molar-refractivity contribution in [1.29, 1.82) is 0 Å². The van der Waals surface area contributed by atoms with Gasteiger partial charge < -0.3 is 5.32 Å². The zero-order valence-corrected chi connectivity index (χ0v) is 13.5. The van der Waals surface area contributed by atoms with E-state index in [0.717, 1.165) is 18.1 Å². The topological polar surface area (TPSA) is 12.0 Å². The normalized spacial score (nSPS) is 22.2. The standard InChI is InChI=1S/C19H22ClN/c1-13-6-5-7-14(2)19(13)16-10-11-21-12-17(16)15-8-3-4-9-18(15)20/h3-9,16-17,21H,10-12H2,1-2H3. The first kappa shape index (κ1) is 14.6. The second kappa shape index (κ2) is 6.21. The summed E-state index contributed by atoms with van der Waals surface area (Å²) < 4.78 is 0. The molecule has 0 radical (unpaired) electrons. The molecule has 2 aromatic carbocycles. The van der Waals surface area contributed by atoms with Crippen LogP contribution in [0.1, 0.15) is 40.5 Å². The third-order valence-corrected chi connectivity index (χ3v) is 5.04. The average Bonchev–Trinajstić information content (AvgIpc) is 2.48. The van der Waals surface area contributed by atoms with Crippen LogP contribution >= 0.6 is 11.6 Å². The molecule has 1 aliphatic rings. The van der Waals surface area contributed by atoms with Crippen molar-refractivity contribution < 1.29 is 0 Å². The third kappa shape index (κ3) is 2.86. The smallest absolute Gasteiger partial charge is 0.0441 e. The molecule has 1 fully saturated rings. The van der Waals surface area contributed by atoms with Crippen LogP contribution < -0.4 is 5.32 Å². The Morgan fingerprint density at radius 1 is 0.952 bits per heavy atom. The SMILES string of the molecule is Cc1cccc(C)c1C1CCNCC1c1ccccc1Cl. The molecule has 1 aliphatic heterocycles. The van der Waals surface area contributed by atoms with Crippen LogP contribution in [0, 0.1) is 13.8 Å². The molecule has 2 unspecified atom stereocenters. The highest BCUT2D eigenvalue weighted by atomic mass is 35.5. The third-order valence-electron chi connectivity index (χ3n) is 4.70. The maximum Gasteiger partial charge on any atom is 0.0441 e. The van der Waals surface area contributed by atoms with Gasteiger partial charge in [-0.3, -0.25) is 0 Å². The average molecular weight is 300 g/mol. The van der Waals surface area contributed by atoms with Gasteiger partial charge in [-0.15, -0.1) is 0 Å². The van der Waals surface area contributed by atoms with Gasteiger partial charge in [0, 0.05) is 17.5 Å². The summed E-state index contributed by atoms with van der Waals surface area (Å²) in [5.41, 5.74) is 5.60. The summed E-state index contributed by atoms with van der Waals surface area (Å²) in [6.07, 6.45) is 1.17. The molecule has 1 nitrogen and oxygen atoms in total. The fourth-order valence-electron chi connectivity index (χ4n) is 3.72. The Kier molecular flexibility index (Phi) is 4.32. The molecular formula is C19H22ClN. The Morgan fingerprint density at radius 3 is 2.38 bits per heavy atom. The molecular weight excluding hydrogens is 278 g/mol. The first-order valence-electron chi connectivity index (χ1n) is 7.69. The van der Waals surface area contributed by atoms with Crippen LogP contribution in [0.2, 0.25) is 5.02 Å². The lowest BCUT2D eigenvalue weighted by atomic mass is 9.75.